The molecular formula is C48H55N11O11. The highest BCUT2D eigenvalue weighted by atomic mass is 16.5. The number of nitrogens with zero attached hydrogens (tertiary/aromatic N) is 4. The molecule has 6 rings (SSSR count). The van der Waals surface area contributed by atoms with Crippen molar-refractivity contribution >= 4 is 82.3 Å². The third-order valence-corrected chi connectivity index (χ3v) is 11.0. The van der Waals surface area contributed by atoms with Crippen LogP contribution in [-0.4, -0.2) is 120 Å². The summed E-state index contributed by atoms with van der Waals surface area (Å²) >= 11 is 0. The molecule has 0 saturated carbocycles. The average Bonchev–Trinajstić information content (AvgIpc) is 3.95. The van der Waals surface area contributed by atoms with Crippen LogP contribution in [0, 0.1) is 5.92 Å². The second-order valence-electron chi connectivity index (χ2n) is 16.8. The quantitative estimate of drug-likeness (QED) is 0.0596. The van der Waals surface area contributed by atoms with Gasteiger partial charge in [0.25, 0.3) is 23.6 Å². The Kier molecular flexibility index (Phi) is 18.0. The molecule has 0 aliphatic carbocycles. The molecule has 1 aromatic heterocycles. The zero-order chi connectivity index (χ0) is 50.2. The average molecular weight is 962 g/mol. The molecule has 3 aliphatic rings. The van der Waals surface area contributed by atoms with E-state index in [9.17, 15) is 43.2 Å². The number of amidine groups is 1. The number of hydrogen-bond donors (Lipinski definition) is 7. The molecule has 4 heterocycles. The predicted octanol–water partition coefficient (Wildman–Crippen LogP) is 2.15. The molecule has 368 valence electrons. The third kappa shape index (κ3) is 15.1. The van der Waals surface area contributed by atoms with E-state index < -0.39 is 35.8 Å². The number of rotatable bonds is 21. The van der Waals surface area contributed by atoms with Crippen LogP contribution in [0.15, 0.2) is 83.6 Å². The maximum Gasteiger partial charge on any atom is 0.407 e. The van der Waals surface area contributed by atoms with E-state index in [1.807, 2.05) is 0 Å². The number of aliphatic imine (C=N–C) groups is 1. The molecule has 1 saturated heterocycles. The van der Waals surface area contributed by atoms with Gasteiger partial charge in [-0.25, -0.2) is 9.79 Å². The van der Waals surface area contributed by atoms with Crippen molar-refractivity contribution in [2.24, 2.45) is 16.6 Å². The molecule has 1 atom stereocenters. The lowest BCUT2D eigenvalue weighted by atomic mass is 10.0. The van der Waals surface area contributed by atoms with Gasteiger partial charge in [0.1, 0.15) is 31.8 Å². The Hall–Kier alpha value is -8.27. The molecule has 3 aliphatic heterocycles. The molecule has 8 N–H and O–H groups in total. The number of amides is 9. The first kappa shape index (κ1) is 51.1. The van der Waals surface area contributed by atoms with Gasteiger partial charge in [-0.05, 0) is 66.3 Å². The zero-order valence-corrected chi connectivity index (χ0v) is 38.7. The summed E-state index contributed by atoms with van der Waals surface area (Å²) in [6.07, 6.45) is 8.25. The summed E-state index contributed by atoms with van der Waals surface area (Å²) < 4.78 is 10.5. The smallest absolute Gasteiger partial charge is 0.407 e. The fraction of sp³-hybridized carbons (Fsp3) is 0.354. The van der Waals surface area contributed by atoms with E-state index in [4.69, 9.17) is 15.2 Å². The third-order valence-electron chi connectivity index (χ3n) is 11.0. The molecule has 9 amide bonds. The first-order valence-electron chi connectivity index (χ1n) is 22.6. The highest BCUT2D eigenvalue weighted by Crippen LogP contribution is 2.29. The lowest BCUT2D eigenvalue weighted by Crippen LogP contribution is -2.51. The molecule has 0 bridgehead atoms. The zero-order valence-electron chi connectivity index (χ0n) is 38.7. The Morgan fingerprint density at radius 2 is 1.57 bits per heavy atom. The lowest BCUT2D eigenvalue weighted by Gasteiger charge is -2.21. The Morgan fingerprint density at radius 3 is 2.30 bits per heavy atom. The number of nitrogens with one attached hydrogen (secondary N) is 6. The van der Waals surface area contributed by atoms with Crippen LogP contribution < -0.4 is 37.6 Å². The first-order valence-corrected chi connectivity index (χ1v) is 22.6. The van der Waals surface area contributed by atoms with Gasteiger partial charge >= 0.3 is 6.09 Å². The molecule has 0 radical (unpaired) electrons. The van der Waals surface area contributed by atoms with E-state index >= 15 is 0 Å². The van der Waals surface area contributed by atoms with E-state index in [1.165, 1.54) is 24.5 Å². The molecule has 2 aromatic carbocycles. The van der Waals surface area contributed by atoms with Crippen LogP contribution in [0.5, 0.6) is 0 Å². The van der Waals surface area contributed by atoms with Crippen LogP contribution in [0.25, 0.3) is 6.08 Å². The van der Waals surface area contributed by atoms with E-state index in [-0.39, 0.29) is 87.7 Å². The van der Waals surface area contributed by atoms with Crippen LogP contribution in [0.4, 0.5) is 21.9 Å². The lowest BCUT2D eigenvalue weighted by molar-refractivity contribution is -0.137. The normalized spacial score (nSPS) is 14.4. The molecule has 22 nitrogen and oxygen atoms in total. The second-order valence-corrected chi connectivity index (χ2v) is 16.8. The Morgan fingerprint density at radius 1 is 0.814 bits per heavy atom. The van der Waals surface area contributed by atoms with E-state index in [0.29, 0.717) is 77.3 Å². The van der Waals surface area contributed by atoms with Crippen molar-refractivity contribution in [3.63, 3.8) is 0 Å². The number of carbonyl (C=O) groups excluding carboxylic acids is 9. The first-order chi connectivity index (χ1) is 33.6. The SMILES string of the molecule is CC(C)C(NC(=O)CCCCCN1C(=O)C=CC1=O)C(=O)NCC(=O)Nc1ccc(COC(=O)NCC(=O)NCc2cncc(NC(=O)c3ccc4c(c3)N=C(N)CC(C(=O)N3CCOC3)=C4)c2)cc1. The topological polar surface area (TPSA) is 302 Å². The van der Waals surface area contributed by atoms with E-state index in [1.54, 1.807) is 73.4 Å². The number of fused-ring (bicyclic) bond motifs is 1. The Bertz CT molecular complexity index is 2570. The molecule has 0 spiro atoms. The van der Waals surface area contributed by atoms with Gasteiger partial charge in [-0.15, -0.1) is 0 Å². The number of pyridine rings is 1. The predicted molar refractivity (Wildman–Crippen MR) is 254 cm³/mol. The van der Waals surface area contributed by atoms with Gasteiger partial charge in [0, 0.05) is 73.2 Å². The van der Waals surface area contributed by atoms with Crippen LogP contribution in [0.1, 0.15) is 73.0 Å². The van der Waals surface area contributed by atoms with Crippen molar-refractivity contribution in [3.8, 4) is 0 Å². The van der Waals surface area contributed by atoms with Crippen LogP contribution in [0.2, 0.25) is 0 Å². The maximum absolute atomic E-state index is 13.2. The van der Waals surface area contributed by atoms with Gasteiger partial charge in [-0.1, -0.05) is 38.5 Å². The Labute approximate surface area is 402 Å². The van der Waals surface area contributed by atoms with Crippen molar-refractivity contribution in [1.29, 1.82) is 0 Å². The molecule has 1 fully saturated rings. The highest BCUT2D eigenvalue weighted by Gasteiger charge is 2.27. The summed E-state index contributed by atoms with van der Waals surface area (Å²) in [5.74, 6) is -3.24. The summed E-state index contributed by atoms with van der Waals surface area (Å²) in [6, 6.07) is 12.0. The standard InChI is InChI=1S/C48H55N11O11/c1-29(2)44(57-39(60)6-4-3-5-15-59-42(63)13-14-43(59)64)46(66)52-26-41(62)54-35-11-7-30(8-12-35)27-70-48(68)53-25-40(61)51-23-31-18-36(24-50-22-31)55-45(65)33-10-9-32-19-34(21-38(49)56-37(32)20-33)47(67)58-16-17-69-28-58/h7-14,18-20,22,24,29,44H,3-6,15-17,21,23,25-28H2,1-2H3,(H2,49,56)(H,51,61)(H,52,66)(H,53,68)(H,54,62)(H,55,65)(H,57,60). The number of unbranched alkanes of at least 4 members (excludes halogenated alkanes) is 2. The summed E-state index contributed by atoms with van der Waals surface area (Å²) in [6.45, 7) is 4.15. The number of hydrogen-bond acceptors (Lipinski definition) is 14. The molecule has 3 aromatic rings. The number of anilines is 2. The van der Waals surface area contributed by atoms with E-state index in [0.717, 1.165) is 4.90 Å². The van der Waals surface area contributed by atoms with Gasteiger partial charge in [-0.2, -0.15) is 0 Å². The maximum atomic E-state index is 13.2. The molecular weight excluding hydrogens is 907 g/mol. The summed E-state index contributed by atoms with van der Waals surface area (Å²) in [7, 11) is 0. The molecule has 22 heteroatoms. The van der Waals surface area contributed by atoms with Gasteiger partial charge in [0.2, 0.25) is 23.6 Å². The van der Waals surface area contributed by atoms with Gasteiger partial charge < -0.3 is 52.0 Å². The van der Waals surface area contributed by atoms with Crippen molar-refractivity contribution in [3.05, 3.63) is 101 Å². The number of carbonyl (C=O) groups is 9. The van der Waals surface area contributed by atoms with Gasteiger partial charge in [0.15, 0.2) is 0 Å². The summed E-state index contributed by atoms with van der Waals surface area (Å²) in [4.78, 5) is 124. The number of aromatic nitrogens is 1. The van der Waals surface area contributed by atoms with Gasteiger partial charge in [-0.3, -0.25) is 48.2 Å². The fourth-order valence-corrected chi connectivity index (χ4v) is 7.25. The molecule has 70 heavy (non-hydrogen) atoms. The number of nitrogens with two attached hydrogens (primary N) is 1. The Balaban J connectivity index is 0.850. The fourth-order valence-electron chi connectivity index (χ4n) is 7.25. The van der Waals surface area contributed by atoms with Crippen LogP contribution >= 0.6 is 0 Å². The number of alkyl carbamates (subject to hydrolysis) is 1. The van der Waals surface area contributed by atoms with E-state index in [2.05, 4.69) is 41.9 Å². The van der Waals surface area contributed by atoms with Crippen molar-refractivity contribution in [2.75, 3.05) is 50.2 Å². The van der Waals surface area contributed by atoms with Crippen molar-refractivity contribution < 1.29 is 52.6 Å². The minimum atomic E-state index is -0.872. The summed E-state index contributed by atoms with van der Waals surface area (Å²) in [5, 5.41) is 15.8. The van der Waals surface area contributed by atoms with Crippen molar-refractivity contribution in [1.82, 2.24) is 36.1 Å². The highest BCUT2D eigenvalue weighted by molar-refractivity contribution is 6.13. The monoisotopic (exact) mass is 961 g/mol. The van der Waals surface area contributed by atoms with Crippen LogP contribution in [0.3, 0.4) is 0 Å². The minimum absolute atomic E-state index is 0.0410. The van der Waals surface area contributed by atoms with Crippen molar-refractivity contribution in [2.45, 2.75) is 65.1 Å². The summed E-state index contributed by atoms with van der Waals surface area (Å²) in [5.41, 5.74) is 9.91. The number of imide groups is 1. The second kappa shape index (κ2) is 24.7. The number of benzene rings is 2. The van der Waals surface area contributed by atoms with Crippen LogP contribution in [-0.2, 0) is 56.2 Å². The number of ether oxygens (including phenoxy) is 2. The minimum Gasteiger partial charge on any atom is -0.445 e. The largest absolute Gasteiger partial charge is 0.445 e. The molecule has 1 unspecified atom stereocenters. The van der Waals surface area contributed by atoms with Gasteiger partial charge in [0.05, 0.1) is 30.7 Å².